The van der Waals surface area contributed by atoms with Crippen molar-refractivity contribution < 1.29 is 0 Å². The zero-order chi connectivity index (χ0) is 7.56. The second-order valence-corrected chi connectivity index (χ2v) is 2.45. The van der Waals surface area contributed by atoms with E-state index in [-0.39, 0.29) is 0 Å². The van der Waals surface area contributed by atoms with Gasteiger partial charge in [-0.3, -0.25) is 0 Å². The van der Waals surface area contributed by atoms with Gasteiger partial charge in [0.25, 0.3) is 0 Å². The molecule has 0 radical (unpaired) electrons. The number of nitrogens with two attached hydrogens (primary N) is 2. The average molecular weight is 157 g/mol. The van der Waals surface area contributed by atoms with Gasteiger partial charge in [0.2, 0.25) is 0 Å². The standard InChI is InChI=1S/C7H9ClN2/c8-6-4-2-1-3-5(6)7(9)10/h1-4,7H,9-10H2. The first-order chi connectivity index (χ1) is 4.72. The zero-order valence-electron chi connectivity index (χ0n) is 5.42. The molecule has 0 aliphatic rings. The average Bonchev–Trinajstić information content (AvgIpc) is 1.88. The SMILES string of the molecule is NC(N)c1ccccc1Cl. The van der Waals surface area contributed by atoms with E-state index in [0.29, 0.717) is 5.02 Å². The molecule has 0 atom stereocenters. The molecule has 4 N–H and O–H groups in total. The van der Waals surface area contributed by atoms with E-state index < -0.39 is 6.17 Å². The van der Waals surface area contributed by atoms with Crippen LogP contribution in [0.15, 0.2) is 24.3 Å². The van der Waals surface area contributed by atoms with Crippen molar-refractivity contribution >= 4 is 11.6 Å². The molecule has 0 aliphatic carbocycles. The molecular formula is C7H9ClN2. The van der Waals surface area contributed by atoms with Crippen molar-refractivity contribution in [3.8, 4) is 0 Å². The Morgan fingerprint density at radius 2 is 1.80 bits per heavy atom. The van der Waals surface area contributed by atoms with E-state index in [2.05, 4.69) is 0 Å². The van der Waals surface area contributed by atoms with Crippen LogP contribution in [0, 0.1) is 0 Å². The maximum Gasteiger partial charge on any atom is 0.0799 e. The van der Waals surface area contributed by atoms with E-state index in [0.717, 1.165) is 5.56 Å². The predicted octanol–water partition coefficient (Wildman–Crippen LogP) is 1.26. The van der Waals surface area contributed by atoms with E-state index in [1.165, 1.54) is 0 Å². The first-order valence-electron chi connectivity index (χ1n) is 2.97. The molecule has 0 amide bonds. The van der Waals surface area contributed by atoms with Gasteiger partial charge in [-0.1, -0.05) is 29.8 Å². The minimum atomic E-state index is -0.478. The van der Waals surface area contributed by atoms with Crippen molar-refractivity contribution in [3.05, 3.63) is 34.9 Å². The summed E-state index contributed by atoms with van der Waals surface area (Å²) < 4.78 is 0. The zero-order valence-corrected chi connectivity index (χ0v) is 6.18. The van der Waals surface area contributed by atoms with Crippen LogP contribution >= 0.6 is 11.6 Å². The van der Waals surface area contributed by atoms with Gasteiger partial charge in [-0.15, -0.1) is 0 Å². The lowest BCUT2D eigenvalue weighted by Crippen LogP contribution is -2.20. The van der Waals surface area contributed by atoms with Gasteiger partial charge in [0.1, 0.15) is 0 Å². The highest BCUT2D eigenvalue weighted by Gasteiger charge is 2.01. The molecule has 0 aliphatic heterocycles. The Labute approximate surface area is 64.8 Å². The van der Waals surface area contributed by atoms with Crippen LogP contribution in [0.5, 0.6) is 0 Å². The molecular weight excluding hydrogens is 148 g/mol. The largest absolute Gasteiger partial charge is 0.312 e. The predicted molar refractivity (Wildman–Crippen MR) is 42.6 cm³/mol. The van der Waals surface area contributed by atoms with Crippen LogP contribution in [0.25, 0.3) is 0 Å². The Hall–Kier alpha value is -0.570. The fraction of sp³-hybridized carbons (Fsp3) is 0.143. The number of hydrogen-bond acceptors (Lipinski definition) is 2. The normalized spacial score (nSPS) is 10.4. The van der Waals surface area contributed by atoms with Gasteiger partial charge in [-0.05, 0) is 6.07 Å². The lowest BCUT2D eigenvalue weighted by atomic mass is 10.2. The molecule has 54 valence electrons. The molecule has 0 unspecified atom stereocenters. The topological polar surface area (TPSA) is 52.0 Å². The molecule has 10 heavy (non-hydrogen) atoms. The van der Waals surface area contributed by atoms with E-state index in [1.807, 2.05) is 18.2 Å². The van der Waals surface area contributed by atoms with Crippen molar-refractivity contribution in [2.45, 2.75) is 6.17 Å². The first kappa shape index (κ1) is 7.54. The lowest BCUT2D eigenvalue weighted by molar-refractivity contribution is 0.774. The van der Waals surface area contributed by atoms with Gasteiger partial charge < -0.3 is 11.5 Å². The number of rotatable bonds is 1. The number of halogens is 1. The highest BCUT2D eigenvalue weighted by molar-refractivity contribution is 6.31. The van der Waals surface area contributed by atoms with Crippen LogP contribution in [-0.2, 0) is 0 Å². The van der Waals surface area contributed by atoms with Gasteiger partial charge in [-0.2, -0.15) is 0 Å². The molecule has 0 fully saturated rings. The Morgan fingerprint density at radius 1 is 1.20 bits per heavy atom. The van der Waals surface area contributed by atoms with Crippen LogP contribution in [-0.4, -0.2) is 0 Å². The minimum absolute atomic E-state index is 0.478. The maximum atomic E-state index is 5.76. The van der Waals surface area contributed by atoms with Gasteiger partial charge in [0, 0.05) is 10.6 Å². The van der Waals surface area contributed by atoms with Crippen LogP contribution in [0.2, 0.25) is 5.02 Å². The highest BCUT2D eigenvalue weighted by Crippen LogP contribution is 2.17. The molecule has 3 heteroatoms. The molecule has 0 bridgehead atoms. The molecule has 1 rings (SSSR count). The Kier molecular flexibility index (Phi) is 2.27. The van der Waals surface area contributed by atoms with E-state index in [1.54, 1.807) is 6.07 Å². The molecule has 0 heterocycles. The Balaban J connectivity index is 3.03. The molecule has 0 saturated heterocycles. The summed E-state index contributed by atoms with van der Waals surface area (Å²) >= 11 is 5.76. The van der Waals surface area contributed by atoms with Crippen molar-refractivity contribution in [1.82, 2.24) is 0 Å². The second kappa shape index (κ2) is 3.01. The molecule has 1 aromatic carbocycles. The minimum Gasteiger partial charge on any atom is -0.312 e. The second-order valence-electron chi connectivity index (χ2n) is 2.05. The number of benzene rings is 1. The van der Waals surface area contributed by atoms with Crippen LogP contribution in [0.4, 0.5) is 0 Å². The number of hydrogen-bond donors (Lipinski definition) is 2. The van der Waals surface area contributed by atoms with Crippen molar-refractivity contribution in [2.24, 2.45) is 11.5 Å². The monoisotopic (exact) mass is 156 g/mol. The molecule has 1 aromatic rings. The van der Waals surface area contributed by atoms with E-state index in [4.69, 9.17) is 23.1 Å². The molecule has 2 nitrogen and oxygen atoms in total. The summed E-state index contributed by atoms with van der Waals surface area (Å²) in [6, 6.07) is 7.28. The van der Waals surface area contributed by atoms with E-state index >= 15 is 0 Å². The van der Waals surface area contributed by atoms with Crippen molar-refractivity contribution in [2.75, 3.05) is 0 Å². The smallest absolute Gasteiger partial charge is 0.0799 e. The summed E-state index contributed by atoms with van der Waals surface area (Å²) in [6.45, 7) is 0. The quantitative estimate of drug-likeness (QED) is 0.602. The van der Waals surface area contributed by atoms with Crippen molar-refractivity contribution in [3.63, 3.8) is 0 Å². The van der Waals surface area contributed by atoms with Gasteiger partial charge >= 0.3 is 0 Å². The van der Waals surface area contributed by atoms with Gasteiger partial charge in [0.05, 0.1) is 6.17 Å². The Morgan fingerprint density at radius 3 is 2.20 bits per heavy atom. The molecule has 0 spiro atoms. The third-order valence-electron chi connectivity index (χ3n) is 1.26. The summed E-state index contributed by atoms with van der Waals surface area (Å²) in [6.07, 6.45) is -0.478. The maximum absolute atomic E-state index is 5.76. The van der Waals surface area contributed by atoms with Crippen LogP contribution < -0.4 is 11.5 Å². The fourth-order valence-corrected chi connectivity index (χ4v) is 1.01. The first-order valence-corrected chi connectivity index (χ1v) is 3.35. The fourth-order valence-electron chi connectivity index (χ4n) is 0.745. The summed E-state index contributed by atoms with van der Waals surface area (Å²) in [5.74, 6) is 0. The summed E-state index contributed by atoms with van der Waals surface area (Å²) in [5, 5.41) is 0.623. The van der Waals surface area contributed by atoms with Gasteiger partial charge in [-0.25, -0.2) is 0 Å². The Bertz CT molecular complexity index is 223. The highest BCUT2D eigenvalue weighted by atomic mass is 35.5. The molecule has 0 aromatic heterocycles. The lowest BCUT2D eigenvalue weighted by Gasteiger charge is -2.06. The summed E-state index contributed by atoms with van der Waals surface area (Å²) in [4.78, 5) is 0. The van der Waals surface area contributed by atoms with Crippen molar-refractivity contribution in [1.29, 1.82) is 0 Å². The third kappa shape index (κ3) is 1.48. The molecule has 0 saturated carbocycles. The van der Waals surface area contributed by atoms with Gasteiger partial charge in [0.15, 0.2) is 0 Å². The third-order valence-corrected chi connectivity index (χ3v) is 1.61. The summed E-state index contributed by atoms with van der Waals surface area (Å²) in [5.41, 5.74) is 11.6. The van der Waals surface area contributed by atoms with Crippen LogP contribution in [0.3, 0.4) is 0 Å². The summed E-state index contributed by atoms with van der Waals surface area (Å²) in [7, 11) is 0. The van der Waals surface area contributed by atoms with Crippen LogP contribution in [0.1, 0.15) is 11.7 Å². The van der Waals surface area contributed by atoms with E-state index in [9.17, 15) is 0 Å².